The van der Waals surface area contributed by atoms with E-state index in [1.54, 1.807) is 0 Å². The maximum absolute atomic E-state index is 5.18. The maximum atomic E-state index is 5.18. The largest absolute Gasteiger partial charge is 0.358 e. The molecule has 3 nitrogen and oxygen atoms in total. The van der Waals surface area contributed by atoms with Crippen molar-refractivity contribution >= 4 is 17.3 Å². The fourth-order valence-electron chi connectivity index (χ4n) is 1.63. The van der Waals surface area contributed by atoms with Gasteiger partial charge in [0.1, 0.15) is 0 Å². The minimum Gasteiger partial charge on any atom is -0.358 e. The van der Waals surface area contributed by atoms with Crippen LogP contribution in [-0.2, 0) is 0 Å². The molecule has 14 heavy (non-hydrogen) atoms. The summed E-state index contributed by atoms with van der Waals surface area (Å²) in [7, 11) is 0. The van der Waals surface area contributed by atoms with Gasteiger partial charge in [-0.3, -0.25) is 0 Å². The van der Waals surface area contributed by atoms with E-state index in [-0.39, 0.29) is 0 Å². The van der Waals surface area contributed by atoms with Crippen LogP contribution in [0.4, 0.5) is 0 Å². The third-order valence-corrected chi connectivity index (χ3v) is 2.70. The number of nitrogens with one attached hydrogen (secondary N) is 2. The summed E-state index contributed by atoms with van der Waals surface area (Å²) in [6, 6.07) is 10.9. The monoisotopic (exact) mass is 207 g/mol. The van der Waals surface area contributed by atoms with Crippen molar-refractivity contribution in [2.45, 2.75) is 18.4 Å². The molecule has 0 heterocycles. The van der Waals surface area contributed by atoms with Gasteiger partial charge in [-0.1, -0.05) is 30.3 Å². The van der Waals surface area contributed by atoms with Crippen molar-refractivity contribution < 1.29 is 0 Å². The van der Waals surface area contributed by atoms with Gasteiger partial charge in [0.2, 0.25) is 0 Å². The Bertz CT molecular complexity index is 325. The first-order valence-electron chi connectivity index (χ1n) is 4.63. The van der Waals surface area contributed by atoms with Crippen LogP contribution in [0.2, 0.25) is 0 Å². The molecule has 2 atom stereocenters. The molecule has 1 saturated carbocycles. The average molecular weight is 207 g/mol. The molecule has 4 heteroatoms. The number of nitrogens with two attached hydrogens (primary N) is 1. The van der Waals surface area contributed by atoms with Crippen molar-refractivity contribution in [1.29, 1.82) is 0 Å². The molecule has 0 saturated heterocycles. The number of hydrogen-bond acceptors (Lipinski definition) is 2. The van der Waals surface area contributed by atoms with Crippen LogP contribution in [0.5, 0.6) is 0 Å². The van der Waals surface area contributed by atoms with Gasteiger partial charge in [-0.2, -0.15) is 0 Å². The lowest BCUT2D eigenvalue weighted by Gasteiger charge is -2.05. The summed E-state index contributed by atoms with van der Waals surface area (Å²) < 4.78 is 0. The standard InChI is InChI=1S/C10H13N3S/c11-13-10(14)12-9-6-8(9)7-4-2-1-3-5-7/h1-5,8-9H,6,11H2,(H2,12,13,14). The molecule has 0 aliphatic heterocycles. The summed E-state index contributed by atoms with van der Waals surface area (Å²) >= 11 is 4.93. The molecule has 0 amide bonds. The highest BCUT2D eigenvalue weighted by molar-refractivity contribution is 7.80. The minimum atomic E-state index is 0.445. The van der Waals surface area contributed by atoms with Crippen LogP contribution < -0.4 is 16.6 Å². The summed E-state index contributed by atoms with van der Waals surface area (Å²) in [5, 5.41) is 3.67. The summed E-state index contributed by atoms with van der Waals surface area (Å²) in [5.74, 6) is 5.76. The van der Waals surface area contributed by atoms with E-state index in [9.17, 15) is 0 Å². The van der Waals surface area contributed by atoms with E-state index >= 15 is 0 Å². The van der Waals surface area contributed by atoms with Crippen LogP contribution in [0.25, 0.3) is 0 Å². The molecule has 0 bridgehead atoms. The number of hydrogen-bond donors (Lipinski definition) is 3. The number of hydrazine groups is 1. The Labute approximate surface area is 88.7 Å². The molecule has 1 aliphatic carbocycles. The Morgan fingerprint density at radius 2 is 2.07 bits per heavy atom. The highest BCUT2D eigenvalue weighted by atomic mass is 32.1. The molecule has 2 rings (SSSR count). The Hall–Kier alpha value is -1.13. The normalized spacial score (nSPS) is 24.1. The van der Waals surface area contributed by atoms with Crippen molar-refractivity contribution in [3.63, 3.8) is 0 Å². The van der Waals surface area contributed by atoms with Crippen LogP contribution in [0.1, 0.15) is 17.9 Å². The van der Waals surface area contributed by atoms with Gasteiger partial charge in [0.15, 0.2) is 5.11 Å². The topological polar surface area (TPSA) is 50.1 Å². The predicted octanol–water partition coefficient (Wildman–Crippen LogP) is 0.880. The molecule has 0 spiro atoms. The van der Waals surface area contributed by atoms with Crippen molar-refractivity contribution in [3.8, 4) is 0 Å². The fourth-order valence-corrected chi connectivity index (χ4v) is 1.78. The third kappa shape index (κ3) is 2.02. The van der Waals surface area contributed by atoms with Crippen molar-refractivity contribution in [3.05, 3.63) is 35.9 Å². The molecular weight excluding hydrogens is 194 g/mol. The van der Waals surface area contributed by atoms with E-state index in [1.807, 2.05) is 6.07 Å². The third-order valence-electron chi connectivity index (χ3n) is 2.47. The van der Waals surface area contributed by atoms with Crippen LogP contribution in [-0.4, -0.2) is 11.2 Å². The molecule has 1 aromatic rings. The highest BCUT2D eigenvalue weighted by Gasteiger charge is 2.38. The van der Waals surface area contributed by atoms with Crippen molar-refractivity contribution in [1.82, 2.24) is 10.7 Å². The molecule has 1 aromatic carbocycles. The van der Waals surface area contributed by atoms with Gasteiger partial charge in [0, 0.05) is 12.0 Å². The maximum Gasteiger partial charge on any atom is 0.180 e. The average Bonchev–Trinajstić information content (AvgIpc) is 2.98. The molecule has 1 fully saturated rings. The number of thiocarbonyl (C=S) groups is 1. The minimum absolute atomic E-state index is 0.445. The first-order chi connectivity index (χ1) is 6.81. The Balaban J connectivity index is 1.91. The van der Waals surface area contributed by atoms with Crippen LogP contribution in [0.3, 0.4) is 0 Å². The summed E-state index contributed by atoms with van der Waals surface area (Å²) in [6.07, 6.45) is 1.13. The molecule has 74 valence electrons. The zero-order valence-electron chi connectivity index (χ0n) is 7.73. The van der Waals surface area contributed by atoms with Gasteiger partial charge in [0.25, 0.3) is 0 Å². The molecule has 1 aliphatic rings. The summed E-state index contributed by atoms with van der Waals surface area (Å²) in [4.78, 5) is 0. The number of rotatable bonds is 2. The predicted molar refractivity (Wildman–Crippen MR) is 60.6 cm³/mol. The second-order valence-corrected chi connectivity index (χ2v) is 3.89. The molecule has 0 radical (unpaired) electrons. The van der Waals surface area contributed by atoms with Crippen LogP contribution in [0, 0.1) is 0 Å². The second kappa shape index (κ2) is 3.94. The SMILES string of the molecule is NNC(=S)NC1CC1c1ccccc1. The van der Waals surface area contributed by atoms with Gasteiger partial charge in [0.05, 0.1) is 0 Å². The van der Waals surface area contributed by atoms with E-state index in [0.717, 1.165) is 6.42 Å². The molecule has 2 unspecified atom stereocenters. The fraction of sp³-hybridized carbons (Fsp3) is 0.300. The Morgan fingerprint density at radius 3 is 2.71 bits per heavy atom. The van der Waals surface area contributed by atoms with Gasteiger partial charge in [-0.15, -0.1) is 0 Å². The molecule has 4 N–H and O–H groups in total. The van der Waals surface area contributed by atoms with Gasteiger partial charge < -0.3 is 10.7 Å². The Morgan fingerprint density at radius 1 is 1.36 bits per heavy atom. The smallest absolute Gasteiger partial charge is 0.180 e. The van der Waals surface area contributed by atoms with E-state index in [4.69, 9.17) is 18.1 Å². The van der Waals surface area contributed by atoms with Gasteiger partial charge in [-0.05, 0) is 24.2 Å². The van der Waals surface area contributed by atoms with E-state index in [0.29, 0.717) is 17.1 Å². The zero-order valence-corrected chi connectivity index (χ0v) is 8.55. The van der Waals surface area contributed by atoms with Gasteiger partial charge >= 0.3 is 0 Å². The lowest BCUT2D eigenvalue weighted by atomic mass is 10.1. The molecule has 0 aromatic heterocycles. The van der Waals surface area contributed by atoms with E-state index in [1.165, 1.54) is 5.56 Å². The first kappa shape index (κ1) is 9.43. The lowest BCUT2D eigenvalue weighted by molar-refractivity contribution is 0.834. The van der Waals surface area contributed by atoms with Crippen molar-refractivity contribution in [2.24, 2.45) is 5.84 Å². The highest BCUT2D eigenvalue weighted by Crippen LogP contribution is 2.40. The first-order valence-corrected chi connectivity index (χ1v) is 5.04. The van der Waals surface area contributed by atoms with E-state index < -0.39 is 0 Å². The second-order valence-electron chi connectivity index (χ2n) is 3.48. The number of benzene rings is 1. The lowest BCUT2D eigenvalue weighted by Crippen LogP contribution is -2.41. The quantitative estimate of drug-likeness (QED) is 0.383. The summed E-state index contributed by atoms with van der Waals surface area (Å²) in [6.45, 7) is 0. The Kier molecular flexibility index (Phi) is 2.65. The zero-order chi connectivity index (χ0) is 9.97. The summed E-state index contributed by atoms with van der Waals surface area (Å²) in [5.41, 5.74) is 3.79. The molecular formula is C10H13N3S. The van der Waals surface area contributed by atoms with Crippen LogP contribution >= 0.6 is 12.2 Å². The van der Waals surface area contributed by atoms with Gasteiger partial charge in [-0.25, -0.2) is 5.84 Å². The van der Waals surface area contributed by atoms with E-state index in [2.05, 4.69) is 35.0 Å². The van der Waals surface area contributed by atoms with Crippen LogP contribution in [0.15, 0.2) is 30.3 Å². The van der Waals surface area contributed by atoms with Crippen molar-refractivity contribution in [2.75, 3.05) is 0 Å².